The van der Waals surface area contributed by atoms with Crippen LogP contribution in [0, 0.1) is 0 Å². The summed E-state index contributed by atoms with van der Waals surface area (Å²) < 4.78 is 19.9. The molecule has 0 spiro atoms. The molecule has 5 aromatic rings. The summed E-state index contributed by atoms with van der Waals surface area (Å²) in [5, 5.41) is 10.3. The lowest BCUT2D eigenvalue weighted by atomic mass is 10.1. The molecule has 6 nitrogen and oxygen atoms in total. The van der Waals surface area contributed by atoms with E-state index in [4.69, 9.17) is 14.2 Å². The zero-order chi connectivity index (χ0) is 26.9. The van der Waals surface area contributed by atoms with Crippen LogP contribution in [0.15, 0.2) is 109 Å². The molecule has 0 atom stereocenters. The number of hydrogen-bond acceptors (Lipinski definition) is 4. The lowest BCUT2D eigenvalue weighted by Gasteiger charge is -2.11. The Morgan fingerprint density at radius 2 is 1.33 bits per heavy atom. The van der Waals surface area contributed by atoms with Gasteiger partial charge in [0, 0.05) is 36.1 Å². The Labute approximate surface area is 228 Å². The minimum Gasteiger partial charge on any atom is -0.493 e. The third-order valence-corrected chi connectivity index (χ3v) is 6.35. The van der Waals surface area contributed by atoms with Gasteiger partial charge < -0.3 is 23.9 Å². The Bertz CT molecular complexity index is 1510. The van der Waals surface area contributed by atoms with E-state index in [-0.39, 0.29) is 6.42 Å². The number of carboxylic acids is 1. The summed E-state index contributed by atoms with van der Waals surface area (Å²) in [5.74, 6) is 1.37. The molecule has 4 aromatic carbocycles. The summed E-state index contributed by atoms with van der Waals surface area (Å²) in [6.45, 7) is 2.16. The molecule has 1 heterocycles. The molecule has 0 fully saturated rings. The molecule has 1 aromatic heterocycles. The molecule has 0 radical (unpaired) electrons. The zero-order valence-electron chi connectivity index (χ0n) is 21.7. The standard InChI is InChI=1S/C33H31NO5/c35-33(36)19-27-23-34(22-25-9-3-1-4-10-25)32-16-15-30(21-31(27)32)38-18-8-17-37-28-13-7-14-29(20-28)39-24-26-11-5-2-6-12-26/h1-7,9-16,20-21,23H,8,17-19,22,24H2,(H,35,36). The highest BCUT2D eigenvalue weighted by Crippen LogP contribution is 2.28. The van der Waals surface area contributed by atoms with E-state index >= 15 is 0 Å². The van der Waals surface area contributed by atoms with Crippen molar-refractivity contribution < 1.29 is 24.1 Å². The van der Waals surface area contributed by atoms with Gasteiger partial charge in [-0.15, -0.1) is 0 Å². The number of rotatable bonds is 13. The maximum absolute atomic E-state index is 11.5. The summed E-state index contributed by atoms with van der Waals surface area (Å²) in [5.41, 5.74) is 4.03. The van der Waals surface area contributed by atoms with E-state index < -0.39 is 5.97 Å². The topological polar surface area (TPSA) is 69.9 Å². The van der Waals surface area contributed by atoms with Crippen LogP contribution in [-0.4, -0.2) is 28.9 Å². The van der Waals surface area contributed by atoms with Gasteiger partial charge in [-0.2, -0.15) is 0 Å². The molecule has 0 aliphatic carbocycles. The molecule has 198 valence electrons. The highest BCUT2D eigenvalue weighted by atomic mass is 16.5. The molecular formula is C33H31NO5. The third kappa shape index (κ3) is 7.20. The molecular weight excluding hydrogens is 490 g/mol. The first-order valence-corrected chi connectivity index (χ1v) is 13.0. The molecule has 0 saturated carbocycles. The second-order valence-electron chi connectivity index (χ2n) is 9.32. The van der Waals surface area contributed by atoms with Crippen molar-refractivity contribution >= 4 is 16.9 Å². The lowest BCUT2D eigenvalue weighted by Crippen LogP contribution is -2.05. The van der Waals surface area contributed by atoms with Gasteiger partial charge in [-0.1, -0.05) is 66.7 Å². The van der Waals surface area contributed by atoms with Gasteiger partial charge in [-0.25, -0.2) is 0 Å². The zero-order valence-corrected chi connectivity index (χ0v) is 21.7. The monoisotopic (exact) mass is 521 g/mol. The Morgan fingerprint density at radius 3 is 2.03 bits per heavy atom. The van der Waals surface area contributed by atoms with Crippen molar-refractivity contribution in [3.8, 4) is 17.2 Å². The molecule has 0 aliphatic rings. The number of aromatic nitrogens is 1. The van der Waals surface area contributed by atoms with Crippen molar-refractivity contribution in [3.05, 3.63) is 126 Å². The predicted octanol–water partition coefficient (Wildman–Crippen LogP) is 6.74. The molecule has 6 heteroatoms. The van der Waals surface area contributed by atoms with E-state index in [1.807, 2.05) is 97.2 Å². The number of fused-ring (bicyclic) bond motifs is 1. The van der Waals surface area contributed by atoms with Crippen molar-refractivity contribution in [3.63, 3.8) is 0 Å². The van der Waals surface area contributed by atoms with E-state index in [1.54, 1.807) is 0 Å². The largest absolute Gasteiger partial charge is 0.493 e. The number of ether oxygens (including phenoxy) is 3. The molecule has 0 amide bonds. The molecule has 39 heavy (non-hydrogen) atoms. The summed E-state index contributed by atoms with van der Waals surface area (Å²) in [6.07, 6.45) is 2.59. The fourth-order valence-corrected chi connectivity index (χ4v) is 4.49. The second-order valence-corrected chi connectivity index (χ2v) is 9.32. The molecule has 0 aliphatic heterocycles. The average molecular weight is 522 g/mol. The van der Waals surface area contributed by atoms with E-state index in [0.717, 1.165) is 39.1 Å². The van der Waals surface area contributed by atoms with Crippen LogP contribution in [0.2, 0.25) is 0 Å². The highest BCUT2D eigenvalue weighted by molar-refractivity contribution is 5.88. The Hall–Kier alpha value is -4.71. The molecule has 0 bridgehead atoms. The summed E-state index contributed by atoms with van der Waals surface area (Å²) in [6, 6.07) is 33.7. The van der Waals surface area contributed by atoms with E-state index in [1.165, 1.54) is 0 Å². The van der Waals surface area contributed by atoms with Crippen LogP contribution in [0.25, 0.3) is 10.9 Å². The van der Waals surface area contributed by atoms with E-state index in [9.17, 15) is 9.90 Å². The van der Waals surface area contributed by atoms with Gasteiger partial charge in [0.15, 0.2) is 0 Å². The summed E-state index contributed by atoms with van der Waals surface area (Å²) in [4.78, 5) is 11.5. The number of benzene rings is 4. The van der Waals surface area contributed by atoms with Crippen LogP contribution >= 0.6 is 0 Å². The normalized spacial score (nSPS) is 10.9. The van der Waals surface area contributed by atoms with Gasteiger partial charge in [0.05, 0.1) is 19.6 Å². The highest BCUT2D eigenvalue weighted by Gasteiger charge is 2.13. The molecule has 1 N–H and O–H groups in total. The number of aliphatic carboxylic acids is 1. The Balaban J connectivity index is 1.15. The van der Waals surface area contributed by atoms with Crippen molar-refractivity contribution in [2.75, 3.05) is 13.2 Å². The van der Waals surface area contributed by atoms with Crippen LogP contribution in [0.1, 0.15) is 23.1 Å². The molecule has 0 unspecified atom stereocenters. The van der Waals surface area contributed by atoms with Gasteiger partial charge >= 0.3 is 5.97 Å². The fraction of sp³-hybridized carbons (Fsp3) is 0.182. The van der Waals surface area contributed by atoms with Gasteiger partial charge in [0.25, 0.3) is 0 Å². The van der Waals surface area contributed by atoms with Gasteiger partial charge in [-0.05, 0) is 47.0 Å². The smallest absolute Gasteiger partial charge is 0.307 e. The van der Waals surface area contributed by atoms with Crippen molar-refractivity contribution in [1.82, 2.24) is 4.57 Å². The number of carbonyl (C=O) groups is 1. The van der Waals surface area contributed by atoms with Crippen LogP contribution in [0.4, 0.5) is 0 Å². The first kappa shape index (κ1) is 25.9. The lowest BCUT2D eigenvalue weighted by molar-refractivity contribution is -0.136. The summed E-state index contributed by atoms with van der Waals surface area (Å²) in [7, 11) is 0. The third-order valence-electron chi connectivity index (χ3n) is 6.35. The SMILES string of the molecule is O=C(O)Cc1cn(Cc2ccccc2)c2ccc(OCCCOc3cccc(OCc4ccccc4)c3)cc12. The quantitative estimate of drug-likeness (QED) is 0.174. The van der Waals surface area contributed by atoms with Crippen molar-refractivity contribution in [2.24, 2.45) is 0 Å². The first-order valence-electron chi connectivity index (χ1n) is 13.0. The second kappa shape index (κ2) is 12.7. The van der Waals surface area contributed by atoms with Crippen molar-refractivity contribution in [1.29, 1.82) is 0 Å². The van der Waals surface area contributed by atoms with Crippen LogP contribution in [0.3, 0.4) is 0 Å². The first-order chi connectivity index (χ1) is 19.1. The van der Waals surface area contributed by atoms with Crippen LogP contribution < -0.4 is 14.2 Å². The maximum Gasteiger partial charge on any atom is 0.307 e. The fourth-order valence-electron chi connectivity index (χ4n) is 4.49. The maximum atomic E-state index is 11.5. The van der Waals surface area contributed by atoms with E-state index in [2.05, 4.69) is 16.7 Å². The number of nitrogens with zero attached hydrogens (tertiary/aromatic N) is 1. The minimum absolute atomic E-state index is 0.0380. The number of hydrogen-bond donors (Lipinski definition) is 1. The van der Waals surface area contributed by atoms with Crippen molar-refractivity contribution in [2.45, 2.75) is 26.0 Å². The van der Waals surface area contributed by atoms with E-state index in [0.29, 0.717) is 38.5 Å². The molecule has 5 rings (SSSR count). The van der Waals surface area contributed by atoms with Crippen LogP contribution in [-0.2, 0) is 24.4 Å². The number of carboxylic acid groups (broad SMARTS) is 1. The minimum atomic E-state index is -0.855. The average Bonchev–Trinajstić information content (AvgIpc) is 3.28. The molecule has 0 saturated heterocycles. The Kier molecular flexibility index (Phi) is 8.44. The van der Waals surface area contributed by atoms with Gasteiger partial charge in [0.2, 0.25) is 0 Å². The van der Waals surface area contributed by atoms with Crippen LogP contribution in [0.5, 0.6) is 17.2 Å². The summed E-state index contributed by atoms with van der Waals surface area (Å²) >= 11 is 0. The van der Waals surface area contributed by atoms with Gasteiger partial charge in [-0.3, -0.25) is 4.79 Å². The van der Waals surface area contributed by atoms with Gasteiger partial charge in [0.1, 0.15) is 23.9 Å². The Morgan fingerprint density at radius 1 is 0.692 bits per heavy atom. The predicted molar refractivity (Wildman–Crippen MR) is 152 cm³/mol.